The van der Waals surface area contributed by atoms with Gasteiger partial charge in [-0.1, -0.05) is 88.7 Å². The quantitative estimate of drug-likeness (QED) is 0.238. The standard InChI is InChI=1S/C30H23BrN4O2S/c1-2-37-29(36)28-33-35(24-13-7-4-8-14-24)30(38-28)26-16-10-9-15-25(26)27(21-17-19-22(31)20-18-21)32-34(30)23-11-5-3-6-12-23/h3-20H,2H2,1H3. The van der Waals surface area contributed by atoms with Gasteiger partial charge in [-0.3, -0.25) is 0 Å². The fourth-order valence-corrected chi connectivity index (χ4v) is 6.22. The molecule has 1 unspecified atom stereocenters. The van der Waals surface area contributed by atoms with Gasteiger partial charge in [-0.2, -0.15) is 10.2 Å². The van der Waals surface area contributed by atoms with E-state index < -0.39 is 11.0 Å². The lowest BCUT2D eigenvalue weighted by molar-refractivity contribution is -0.134. The van der Waals surface area contributed by atoms with Gasteiger partial charge in [0.05, 0.1) is 23.7 Å². The van der Waals surface area contributed by atoms with Crippen LogP contribution in [0.2, 0.25) is 0 Å². The number of anilines is 2. The van der Waals surface area contributed by atoms with Crippen LogP contribution >= 0.6 is 27.7 Å². The number of hydrazone groups is 2. The van der Waals surface area contributed by atoms with Crippen molar-refractivity contribution in [1.82, 2.24) is 0 Å². The molecule has 1 spiro atoms. The minimum atomic E-state index is -1.01. The molecule has 2 aliphatic heterocycles. The number of nitrogens with zero attached hydrogens (tertiary/aromatic N) is 4. The van der Waals surface area contributed by atoms with Crippen molar-refractivity contribution in [2.75, 3.05) is 16.6 Å². The number of halogens is 1. The molecule has 38 heavy (non-hydrogen) atoms. The number of esters is 1. The van der Waals surface area contributed by atoms with E-state index in [9.17, 15) is 4.79 Å². The molecule has 0 saturated heterocycles. The van der Waals surface area contributed by atoms with Crippen LogP contribution in [0.4, 0.5) is 11.4 Å². The summed E-state index contributed by atoms with van der Waals surface area (Å²) in [6.07, 6.45) is 0. The zero-order valence-electron chi connectivity index (χ0n) is 20.5. The zero-order valence-corrected chi connectivity index (χ0v) is 22.9. The van der Waals surface area contributed by atoms with Gasteiger partial charge in [-0.05, 0) is 55.1 Å². The van der Waals surface area contributed by atoms with Gasteiger partial charge in [0, 0.05) is 21.2 Å². The van der Waals surface area contributed by atoms with Gasteiger partial charge < -0.3 is 4.74 Å². The van der Waals surface area contributed by atoms with Crippen molar-refractivity contribution in [2.24, 2.45) is 10.2 Å². The molecular formula is C30H23BrN4O2S. The maximum absolute atomic E-state index is 13.1. The number of fused-ring (bicyclic) bond motifs is 2. The molecule has 188 valence electrons. The molecule has 0 N–H and O–H groups in total. The summed E-state index contributed by atoms with van der Waals surface area (Å²) >= 11 is 4.89. The second kappa shape index (κ2) is 10.1. The first-order valence-electron chi connectivity index (χ1n) is 12.2. The molecule has 2 heterocycles. The van der Waals surface area contributed by atoms with Crippen molar-refractivity contribution < 1.29 is 9.53 Å². The summed E-state index contributed by atoms with van der Waals surface area (Å²) in [6.45, 7) is 2.06. The Morgan fingerprint density at radius 2 is 1.39 bits per heavy atom. The molecule has 0 fully saturated rings. The van der Waals surface area contributed by atoms with E-state index in [0.29, 0.717) is 0 Å². The van der Waals surface area contributed by atoms with Crippen molar-refractivity contribution in [3.63, 3.8) is 0 Å². The lowest BCUT2D eigenvalue weighted by atomic mass is 9.93. The third-order valence-electron chi connectivity index (χ3n) is 6.31. The number of ether oxygens (including phenoxy) is 1. The summed E-state index contributed by atoms with van der Waals surface area (Å²) in [5.41, 5.74) is 5.45. The third kappa shape index (κ3) is 4.10. The van der Waals surface area contributed by atoms with E-state index in [1.54, 1.807) is 6.92 Å². The number of rotatable bonds is 5. The second-order valence-electron chi connectivity index (χ2n) is 8.63. The minimum Gasteiger partial charge on any atom is -0.461 e. The molecule has 1 atom stereocenters. The minimum absolute atomic E-state index is 0.265. The Labute approximate surface area is 233 Å². The van der Waals surface area contributed by atoms with Gasteiger partial charge >= 0.3 is 5.97 Å². The molecule has 0 amide bonds. The Morgan fingerprint density at radius 3 is 2.03 bits per heavy atom. The summed E-state index contributed by atoms with van der Waals surface area (Å²) in [5, 5.41) is 14.3. The van der Waals surface area contributed by atoms with E-state index in [4.69, 9.17) is 14.9 Å². The largest absolute Gasteiger partial charge is 0.461 e. The number of thioether (sulfide) groups is 1. The van der Waals surface area contributed by atoms with Crippen LogP contribution in [0.1, 0.15) is 23.6 Å². The second-order valence-corrected chi connectivity index (χ2v) is 10.7. The lowest BCUT2D eigenvalue weighted by Gasteiger charge is -2.47. The summed E-state index contributed by atoms with van der Waals surface area (Å²) in [7, 11) is 0. The maximum Gasteiger partial charge on any atom is 0.365 e. The van der Waals surface area contributed by atoms with Crippen molar-refractivity contribution in [2.45, 2.75) is 11.9 Å². The molecule has 0 bridgehead atoms. The summed E-state index contributed by atoms with van der Waals surface area (Å²) in [5.74, 6) is -0.455. The Hall–Kier alpha value is -3.88. The van der Waals surface area contributed by atoms with Crippen molar-refractivity contribution >= 4 is 55.8 Å². The molecule has 6 nitrogen and oxygen atoms in total. The topological polar surface area (TPSA) is 57.5 Å². The van der Waals surface area contributed by atoms with Crippen molar-refractivity contribution in [3.05, 3.63) is 130 Å². The van der Waals surface area contributed by atoms with Gasteiger partial charge in [-0.25, -0.2) is 14.8 Å². The van der Waals surface area contributed by atoms with Gasteiger partial charge in [0.15, 0.2) is 0 Å². The predicted molar refractivity (Wildman–Crippen MR) is 157 cm³/mol. The molecule has 4 aromatic carbocycles. The lowest BCUT2D eigenvalue weighted by Crippen LogP contribution is -2.54. The number of hydrogen-bond acceptors (Lipinski definition) is 7. The van der Waals surface area contributed by atoms with E-state index in [0.717, 1.165) is 38.2 Å². The van der Waals surface area contributed by atoms with Crippen LogP contribution in [-0.4, -0.2) is 23.3 Å². The number of para-hydroxylation sites is 2. The number of benzene rings is 4. The SMILES string of the molecule is CCOC(=O)C1=NN(c2ccccc2)C2(S1)c1ccccc1C(c1ccc(Br)cc1)=NN2c1ccccc1. The third-order valence-corrected chi connectivity index (χ3v) is 8.13. The van der Waals surface area contributed by atoms with E-state index in [1.165, 1.54) is 11.8 Å². The average Bonchev–Trinajstić information content (AvgIpc) is 3.36. The maximum atomic E-state index is 13.1. The van der Waals surface area contributed by atoms with Crippen molar-refractivity contribution in [1.29, 1.82) is 0 Å². The summed E-state index contributed by atoms with van der Waals surface area (Å²) < 4.78 is 6.40. The fraction of sp³-hybridized carbons (Fsp3) is 0.100. The molecule has 0 aromatic heterocycles. The Bertz CT molecular complexity index is 1540. The van der Waals surface area contributed by atoms with Gasteiger partial charge in [0.1, 0.15) is 0 Å². The number of carbonyl (C=O) groups excluding carboxylic acids is 1. The highest BCUT2D eigenvalue weighted by Gasteiger charge is 2.56. The summed E-state index contributed by atoms with van der Waals surface area (Å²) in [6, 6.07) is 36.2. The normalized spacial score (nSPS) is 18.2. The fourth-order valence-electron chi connectivity index (χ4n) is 4.67. The monoisotopic (exact) mass is 582 g/mol. The van der Waals surface area contributed by atoms with E-state index in [-0.39, 0.29) is 11.7 Å². The first kappa shape index (κ1) is 24.5. The number of carbonyl (C=O) groups is 1. The van der Waals surface area contributed by atoms with Crippen LogP contribution in [0.5, 0.6) is 0 Å². The van der Waals surface area contributed by atoms with Crippen molar-refractivity contribution in [3.8, 4) is 0 Å². The van der Waals surface area contributed by atoms with Crippen LogP contribution in [0.25, 0.3) is 0 Å². The molecule has 0 radical (unpaired) electrons. The van der Waals surface area contributed by atoms with Crippen LogP contribution in [0, 0.1) is 0 Å². The molecule has 4 aromatic rings. The predicted octanol–water partition coefficient (Wildman–Crippen LogP) is 6.96. The molecule has 0 aliphatic carbocycles. The zero-order chi connectivity index (χ0) is 26.1. The van der Waals surface area contributed by atoms with Crippen LogP contribution < -0.4 is 10.0 Å². The molecule has 0 saturated carbocycles. The average molecular weight is 584 g/mol. The molecule has 8 heteroatoms. The Kier molecular flexibility index (Phi) is 6.51. The number of hydrogen-bond donors (Lipinski definition) is 0. The van der Waals surface area contributed by atoms with Gasteiger partial charge in [-0.15, -0.1) is 0 Å². The Morgan fingerprint density at radius 1 is 0.816 bits per heavy atom. The van der Waals surface area contributed by atoms with E-state index >= 15 is 0 Å². The Balaban J connectivity index is 1.64. The first-order chi connectivity index (χ1) is 18.6. The molecular weight excluding hydrogens is 560 g/mol. The first-order valence-corrected chi connectivity index (χ1v) is 13.8. The highest BCUT2D eigenvalue weighted by molar-refractivity contribution is 9.10. The highest BCUT2D eigenvalue weighted by atomic mass is 79.9. The molecule has 6 rings (SSSR count). The van der Waals surface area contributed by atoms with Gasteiger partial charge in [0.2, 0.25) is 10.0 Å². The van der Waals surface area contributed by atoms with Crippen LogP contribution in [-0.2, 0) is 14.5 Å². The molecule has 2 aliphatic rings. The van der Waals surface area contributed by atoms with Gasteiger partial charge in [0.25, 0.3) is 0 Å². The van der Waals surface area contributed by atoms with E-state index in [2.05, 4.69) is 40.2 Å². The summed E-state index contributed by atoms with van der Waals surface area (Å²) in [4.78, 5) is 12.0. The van der Waals surface area contributed by atoms with Crippen LogP contribution in [0.3, 0.4) is 0 Å². The highest BCUT2D eigenvalue weighted by Crippen LogP contribution is 2.55. The van der Waals surface area contributed by atoms with Crippen LogP contribution in [0.15, 0.2) is 124 Å². The smallest absolute Gasteiger partial charge is 0.365 e. The van der Waals surface area contributed by atoms with E-state index in [1.807, 2.05) is 94.9 Å².